The topological polar surface area (TPSA) is 26.3 Å². The summed E-state index contributed by atoms with van der Waals surface area (Å²) in [5, 5.41) is 0. The number of hydrogen-bond donors (Lipinski definition) is 0. The minimum absolute atomic E-state index is 0.175. The molecule has 0 amide bonds. The minimum Gasteiger partial charge on any atom is -0.301 e. The summed E-state index contributed by atoms with van der Waals surface area (Å²) in [7, 11) is -3.93. The Morgan fingerprint density at radius 2 is 1.79 bits per heavy atom. The van der Waals surface area contributed by atoms with E-state index in [1.807, 2.05) is 27.7 Å². The minimum atomic E-state index is -3.93. The van der Waals surface area contributed by atoms with E-state index in [1.54, 1.807) is 13.8 Å². The lowest BCUT2D eigenvalue weighted by Crippen LogP contribution is -2.28. The highest BCUT2D eigenvalue weighted by Crippen LogP contribution is 2.56. The van der Waals surface area contributed by atoms with Crippen LogP contribution in [0.4, 0.5) is 4.20 Å². The Morgan fingerprint density at radius 3 is 2.00 bits per heavy atom. The van der Waals surface area contributed by atoms with Crippen LogP contribution in [0, 0.1) is 5.41 Å². The third kappa shape index (κ3) is 4.10. The SMILES string of the molecule is CCC(OP(=O)(F)C(C)C)C(C)(C)C. The van der Waals surface area contributed by atoms with E-state index in [4.69, 9.17) is 4.52 Å². The van der Waals surface area contributed by atoms with Crippen molar-refractivity contribution < 1.29 is 13.3 Å². The van der Waals surface area contributed by atoms with Gasteiger partial charge in [0.15, 0.2) is 0 Å². The molecular weight excluding hydrogens is 202 g/mol. The Hall–Kier alpha value is 0.120. The van der Waals surface area contributed by atoms with Gasteiger partial charge in [-0.25, -0.2) is 0 Å². The third-order valence-corrected chi connectivity index (χ3v) is 4.00. The monoisotopic (exact) mass is 224 g/mol. The summed E-state index contributed by atoms with van der Waals surface area (Å²) in [4.78, 5) is 0. The van der Waals surface area contributed by atoms with Gasteiger partial charge in [0, 0.05) is 0 Å². The van der Waals surface area contributed by atoms with E-state index >= 15 is 0 Å². The van der Waals surface area contributed by atoms with E-state index in [2.05, 4.69) is 0 Å². The molecule has 0 saturated carbocycles. The molecule has 0 heterocycles. The largest absolute Gasteiger partial charge is 0.370 e. The van der Waals surface area contributed by atoms with Crippen molar-refractivity contribution >= 4 is 7.68 Å². The van der Waals surface area contributed by atoms with E-state index in [-0.39, 0.29) is 11.5 Å². The molecule has 0 aromatic rings. The van der Waals surface area contributed by atoms with E-state index < -0.39 is 13.3 Å². The van der Waals surface area contributed by atoms with Gasteiger partial charge in [-0.3, -0.25) is 4.57 Å². The van der Waals surface area contributed by atoms with Crippen LogP contribution in [0.25, 0.3) is 0 Å². The molecule has 14 heavy (non-hydrogen) atoms. The zero-order valence-corrected chi connectivity index (χ0v) is 10.9. The summed E-state index contributed by atoms with van der Waals surface area (Å²) in [5.74, 6) is 0. The number of rotatable bonds is 4. The zero-order chi connectivity index (χ0) is 11.6. The average molecular weight is 224 g/mol. The Morgan fingerprint density at radius 1 is 1.36 bits per heavy atom. The molecule has 0 bridgehead atoms. The first-order chi connectivity index (χ1) is 6.11. The van der Waals surface area contributed by atoms with Gasteiger partial charge < -0.3 is 4.52 Å². The molecule has 2 unspecified atom stereocenters. The van der Waals surface area contributed by atoms with Crippen molar-refractivity contribution in [1.82, 2.24) is 0 Å². The van der Waals surface area contributed by atoms with E-state index in [9.17, 15) is 8.76 Å². The summed E-state index contributed by atoms with van der Waals surface area (Å²) < 4.78 is 30.1. The second-order valence-electron chi connectivity index (χ2n) is 4.98. The van der Waals surface area contributed by atoms with Crippen LogP contribution in [0.2, 0.25) is 0 Å². The van der Waals surface area contributed by atoms with Gasteiger partial charge in [-0.15, -0.1) is 0 Å². The zero-order valence-electron chi connectivity index (χ0n) is 10.0. The Bertz CT molecular complexity index is 221. The van der Waals surface area contributed by atoms with Crippen LogP contribution in [0.5, 0.6) is 0 Å². The van der Waals surface area contributed by atoms with Gasteiger partial charge in [0.1, 0.15) is 0 Å². The standard InChI is InChI=1S/C10H22FO2P/c1-7-9(10(4,5)6)13-14(11,12)8(2)3/h8-9H,7H2,1-6H3. The van der Waals surface area contributed by atoms with Gasteiger partial charge in [-0.05, 0) is 11.8 Å². The van der Waals surface area contributed by atoms with Crippen molar-refractivity contribution in [3.8, 4) is 0 Å². The fourth-order valence-corrected chi connectivity index (χ4v) is 2.20. The van der Waals surface area contributed by atoms with Gasteiger partial charge >= 0.3 is 7.68 Å². The predicted molar refractivity (Wildman–Crippen MR) is 58.5 cm³/mol. The first kappa shape index (κ1) is 14.1. The second-order valence-corrected chi connectivity index (χ2v) is 7.27. The van der Waals surface area contributed by atoms with E-state index in [0.717, 1.165) is 0 Å². The lowest BCUT2D eigenvalue weighted by molar-refractivity contribution is 0.0763. The molecule has 0 aliphatic carbocycles. The highest BCUT2D eigenvalue weighted by Gasteiger charge is 2.35. The molecule has 0 saturated heterocycles. The van der Waals surface area contributed by atoms with E-state index in [1.165, 1.54) is 0 Å². The van der Waals surface area contributed by atoms with Gasteiger partial charge in [0.25, 0.3) is 0 Å². The molecule has 0 aliphatic rings. The predicted octanol–water partition coefficient (Wildman–Crippen LogP) is 4.40. The van der Waals surface area contributed by atoms with E-state index in [0.29, 0.717) is 6.42 Å². The maximum atomic E-state index is 13.5. The van der Waals surface area contributed by atoms with Crippen LogP contribution in [0.15, 0.2) is 0 Å². The molecule has 0 radical (unpaired) electrons. The molecule has 0 fully saturated rings. The smallest absolute Gasteiger partial charge is 0.301 e. The van der Waals surface area contributed by atoms with Crippen molar-refractivity contribution in [2.45, 2.75) is 59.7 Å². The summed E-state index contributed by atoms with van der Waals surface area (Å²) in [5.41, 5.74) is -0.732. The number of hydrogen-bond acceptors (Lipinski definition) is 2. The molecule has 0 aliphatic heterocycles. The fourth-order valence-electron chi connectivity index (χ4n) is 1.14. The van der Waals surface area contributed by atoms with Gasteiger partial charge in [-0.1, -0.05) is 41.5 Å². The van der Waals surface area contributed by atoms with Crippen molar-refractivity contribution in [2.75, 3.05) is 0 Å². The third-order valence-electron chi connectivity index (χ3n) is 2.22. The molecule has 2 atom stereocenters. The van der Waals surface area contributed by atoms with Gasteiger partial charge in [0.2, 0.25) is 0 Å². The quantitative estimate of drug-likeness (QED) is 0.661. The van der Waals surface area contributed by atoms with Crippen LogP contribution in [-0.4, -0.2) is 11.8 Å². The summed E-state index contributed by atoms with van der Waals surface area (Å²) in [6.07, 6.45) is 0.380. The van der Waals surface area contributed by atoms with Crippen molar-refractivity contribution in [1.29, 1.82) is 0 Å². The highest BCUT2D eigenvalue weighted by atomic mass is 31.2. The Labute approximate surface area is 86.8 Å². The molecule has 2 nitrogen and oxygen atoms in total. The van der Waals surface area contributed by atoms with Crippen molar-refractivity contribution in [2.24, 2.45) is 5.41 Å². The second kappa shape index (κ2) is 4.76. The van der Waals surface area contributed by atoms with Crippen LogP contribution < -0.4 is 0 Å². The maximum Gasteiger partial charge on any atom is 0.370 e. The van der Waals surface area contributed by atoms with Crippen LogP contribution in [0.3, 0.4) is 0 Å². The lowest BCUT2D eigenvalue weighted by Gasteiger charge is -2.31. The molecular formula is C10H22FO2P. The summed E-state index contributed by atoms with van der Waals surface area (Å²) in [6.45, 7) is 11.0. The molecule has 0 aromatic heterocycles. The lowest BCUT2D eigenvalue weighted by atomic mass is 9.88. The maximum absolute atomic E-state index is 13.5. The fraction of sp³-hybridized carbons (Fsp3) is 1.00. The Kier molecular flexibility index (Phi) is 4.80. The molecule has 0 aromatic carbocycles. The molecule has 0 rings (SSSR count). The van der Waals surface area contributed by atoms with Crippen LogP contribution in [-0.2, 0) is 9.09 Å². The average Bonchev–Trinajstić information content (AvgIpc) is 1.97. The Balaban J connectivity index is 4.56. The molecule has 4 heteroatoms. The van der Waals surface area contributed by atoms with Crippen molar-refractivity contribution in [3.63, 3.8) is 0 Å². The number of halogens is 1. The normalized spacial score (nSPS) is 19.4. The molecule has 86 valence electrons. The molecule has 0 N–H and O–H groups in total. The summed E-state index contributed by atoms with van der Waals surface area (Å²) in [6, 6.07) is 0. The summed E-state index contributed by atoms with van der Waals surface area (Å²) >= 11 is 0. The van der Waals surface area contributed by atoms with Gasteiger partial charge in [0.05, 0.1) is 11.8 Å². The van der Waals surface area contributed by atoms with Gasteiger partial charge in [-0.2, -0.15) is 4.20 Å². The van der Waals surface area contributed by atoms with Crippen LogP contribution in [0.1, 0.15) is 48.0 Å². The highest BCUT2D eigenvalue weighted by molar-refractivity contribution is 7.54. The first-order valence-electron chi connectivity index (χ1n) is 5.09. The van der Waals surface area contributed by atoms with Crippen molar-refractivity contribution in [3.05, 3.63) is 0 Å². The van der Waals surface area contributed by atoms with Crippen LogP contribution >= 0.6 is 7.68 Å². The molecule has 0 spiro atoms. The first-order valence-corrected chi connectivity index (χ1v) is 6.67.